The summed E-state index contributed by atoms with van der Waals surface area (Å²) < 4.78 is 0. The number of aliphatic hydroxyl groups is 2. The van der Waals surface area contributed by atoms with Crippen molar-refractivity contribution in [2.75, 3.05) is 6.61 Å². The first kappa shape index (κ1) is 9.88. The van der Waals surface area contributed by atoms with Crippen LogP contribution in [0.15, 0.2) is 0 Å². The Morgan fingerprint density at radius 1 is 1.60 bits per heavy atom. The van der Waals surface area contributed by atoms with Crippen molar-refractivity contribution in [2.45, 2.75) is 32.4 Å². The number of aliphatic hydroxyl groups excluding tert-OH is 1. The van der Waals surface area contributed by atoms with Crippen LogP contribution in [0.5, 0.6) is 0 Å². The van der Waals surface area contributed by atoms with Gasteiger partial charge < -0.3 is 10.2 Å². The summed E-state index contributed by atoms with van der Waals surface area (Å²) in [6.07, 6.45) is 1.94. The Bertz CT molecular complexity index is 83.7. The first-order chi connectivity index (χ1) is 4.62. The molecule has 0 heterocycles. The first-order valence-electron chi connectivity index (χ1n) is 3.55. The van der Waals surface area contributed by atoms with Gasteiger partial charge in [0.1, 0.15) is 5.72 Å². The summed E-state index contributed by atoms with van der Waals surface area (Å²) in [4.78, 5) is 0. The molecule has 0 aromatic heterocycles. The second-order valence-corrected chi connectivity index (χ2v) is 2.57. The Labute approximate surface area is 62.1 Å². The lowest BCUT2D eigenvalue weighted by atomic mass is 10.2. The molecular formula is C7H16NO2. The van der Waals surface area contributed by atoms with Crippen LogP contribution in [0, 0.1) is 6.54 Å². The van der Waals surface area contributed by atoms with Gasteiger partial charge >= 0.3 is 0 Å². The van der Waals surface area contributed by atoms with Crippen molar-refractivity contribution in [2.24, 2.45) is 0 Å². The van der Waals surface area contributed by atoms with Crippen LogP contribution in [0.3, 0.4) is 0 Å². The zero-order chi connectivity index (χ0) is 8.04. The smallest absolute Gasteiger partial charge is 0.136 e. The Hall–Kier alpha value is -0.120. The highest BCUT2D eigenvalue weighted by Crippen LogP contribution is 1.98. The van der Waals surface area contributed by atoms with Gasteiger partial charge in [-0.25, -0.2) is 0 Å². The highest BCUT2D eigenvalue weighted by Gasteiger charge is 2.16. The maximum atomic E-state index is 9.16. The largest absolute Gasteiger partial charge is 0.392 e. The van der Waals surface area contributed by atoms with Crippen molar-refractivity contribution in [1.29, 1.82) is 0 Å². The van der Waals surface area contributed by atoms with Gasteiger partial charge in [-0.3, -0.25) is 5.32 Å². The van der Waals surface area contributed by atoms with Crippen molar-refractivity contribution in [1.82, 2.24) is 5.32 Å². The normalized spacial score (nSPS) is 16.8. The van der Waals surface area contributed by atoms with E-state index in [1.807, 2.05) is 6.92 Å². The number of unbranched alkanes of at least 4 members (excludes halogenated alkanes) is 1. The standard InChI is InChI=1S/C7H16NO2/c1-3-4-5-8-7(2,10)6-9/h5,8-10H,3-4,6H2,1-2H3. The molecule has 0 amide bonds. The molecule has 0 spiro atoms. The number of nitrogens with one attached hydrogen (secondary N) is 1. The Kier molecular flexibility index (Phi) is 4.60. The van der Waals surface area contributed by atoms with Crippen LogP contribution in [0.2, 0.25) is 0 Å². The zero-order valence-electron chi connectivity index (χ0n) is 6.59. The summed E-state index contributed by atoms with van der Waals surface area (Å²) in [6.45, 7) is 5.06. The molecule has 3 heteroatoms. The van der Waals surface area contributed by atoms with E-state index in [0.29, 0.717) is 0 Å². The van der Waals surface area contributed by atoms with Crippen molar-refractivity contribution in [3.8, 4) is 0 Å². The third kappa shape index (κ3) is 4.73. The van der Waals surface area contributed by atoms with Crippen LogP contribution >= 0.6 is 0 Å². The zero-order valence-corrected chi connectivity index (χ0v) is 6.59. The quantitative estimate of drug-likeness (QED) is 0.384. The minimum absolute atomic E-state index is 0.271. The fraction of sp³-hybridized carbons (Fsp3) is 0.857. The fourth-order valence-corrected chi connectivity index (χ4v) is 0.482. The molecule has 0 aromatic rings. The number of hydrogen-bond donors (Lipinski definition) is 3. The van der Waals surface area contributed by atoms with Gasteiger partial charge in [0, 0.05) is 6.54 Å². The van der Waals surface area contributed by atoms with E-state index in [-0.39, 0.29) is 6.61 Å². The topological polar surface area (TPSA) is 52.5 Å². The minimum atomic E-state index is -1.16. The molecule has 0 aliphatic carbocycles. The number of rotatable bonds is 5. The van der Waals surface area contributed by atoms with Gasteiger partial charge in [0.25, 0.3) is 0 Å². The van der Waals surface area contributed by atoms with Crippen LogP contribution in [0.25, 0.3) is 0 Å². The van der Waals surface area contributed by atoms with Crippen LogP contribution in [0.4, 0.5) is 0 Å². The van der Waals surface area contributed by atoms with Crippen molar-refractivity contribution in [3.05, 3.63) is 6.54 Å². The molecule has 1 radical (unpaired) electrons. The van der Waals surface area contributed by atoms with Gasteiger partial charge in [-0.15, -0.1) is 0 Å². The van der Waals surface area contributed by atoms with Gasteiger partial charge in [0.05, 0.1) is 6.61 Å². The van der Waals surface area contributed by atoms with E-state index in [2.05, 4.69) is 5.32 Å². The first-order valence-corrected chi connectivity index (χ1v) is 3.55. The van der Waals surface area contributed by atoms with Gasteiger partial charge in [-0.2, -0.15) is 0 Å². The number of hydrogen-bond acceptors (Lipinski definition) is 3. The lowest BCUT2D eigenvalue weighted by Gasteiger charge is -2.21. The molecule has 1 atom stereocenters. The average molecular weight is 146 g/mol. The summed E-state index contributed by atoms with van der Waals surface area (Å²) >= 11 is 0. The van der Waals surface area contributed by atoms with Gasteiger partial charge in [-0.05, 0) is 13.3 Å². The molecule has 0 saturated carbocycles. The molecular weight excluding hydrogens is 130 g/mol. The molecule has 61 valence electrons. The monoisotopic (exact) mass is 146 g/mol. The predicted molar refractivity (Wildman–Crippen MR) is 40.1 cm³/mol. The van der Waals surface area contributed by atoms with Crippen molar-refractivity contribution in [3.63, 3.8) is 0 Å². The van der Waals surface area contributed by atoms with E-state index in [9.17, 15) is 0 Å². The molecule has 3 nitrogen and oxygen atoms in total. The van der Waals surface area contributed by atoms with Gasteiger partial charge in [0.15, 0.2) is 0 Å². The van der Waals surface area contributed by atoms with Crippen LogP contribution in [-0.2, 0) is 0 Å². The highest BCUT2D eigenvalue weighted by molar-refractivity contribution is 4.73. The molecule has 0 bridgehead atoms. The van der Waals surface area contributed by atoms with Gasteiger partial charge in [0.2, 0.25) is 0 Å². The molecule has 0 rings (SSSR count). The summed E-state index contributed by atoms with van der Waals surface area (Å²) in [5, 5.41) is 20.4. The third-order valence-electron chi connectivity index (χ3n) is 1.15. The summed E-state index contributed by atoms with van der Waals surface area (Å²) in [7, 11) is 0. The van der Waals surface area contributed by atoms with E-state index in [0.717, 1.165) is 12.8 Å². The average Bonchev–Trinajstić information content (AvgIpc) is 1.89. The van der Waals surface area contributed by atoms with E-state index in [4.69, 9.17) is 10.2 Å². The SMILES string of the molecule is CCC[CH]NC(C)(O)CO. The van der Waals surface area contributed by atoms with E-state index < -0.39 is 5.72 Å². The van der Waals surface area contributed by atoms with Crippen LogP contribution in [0.1, 0.15) is 26.7 Å². The Morgan fingerprint density at radius 2 is 2.20 bits per heavy atom. The van der Waals surface area contributed by atoms with Crippen molar-refractivity contribution < 1.29 is 10.2 Å². The molecule has 0 aliphatic rings. The molecule has 0 fully saturated rings. The molecule has 3 N–H and O–H groups in total. The van der Waals surface area contributed by atoms with E-state index >= 15 is 0 Å². The maximum Gasteiger partial charge on any atom is 0.136 e. The van der Waals surface area contributed by atoms with Gasteiger partial charge in [-0.1, -0.05) is 13.3 Å². The second kappa shape index (κ2) is 4.66. The van der Waals surface area contributed by atoms with Crippen LogP contribution < -0.4 is 5.32 Å². The Morgan fingerprint density at radius 3 is 2.60 bits per heavy atom. The fourth-order valence-electron chi connectivity index (χ4n) is 0.482. The molecule has 0 aromatic carbocycles. The Balaban J connectivity index is 3.28. The molecule has 0 aliphatic heterocycles. The van der Waals surface area contributed by atoms with Crippen LogP contribution in [-0.4, -0.2) is 22.5 Å². The second-order valence-electron chi connectivity index (χ2n) is 2.57. The summed E-state index contributed by atoms with van der Waals surface area (Å²) in [5.41, 5.74) is -1.16. The molecule has 0 saturated heterocycles. The molecule has 1 unspecified atom stereocenters. The highest BCUT2D eigenvalue weighted by atomic mass is 16.3. The maximum absolute atomic E-state index is 9.16. The minimum Gasteiger partial charge on any atom is -0.392 e. The summed E-state index contributed by atoms with van der Waals surface area (Å²) in [6, 6.07) is 0. The van der Waals surface area contributed by atoms with E-state index in [1.165, 1.54) is 6.92 Å². The van der Waals surface area contributed by atoms with Crippen molar-refractivity contribution >= 4 is 0 Å². The lowest BCUT2D eigenvalue weighted by molar-refractivity contribution is -0.0206. The third-order valence-corrected chi connectivity index (χ3v) is 1.15. The van der Waals surface area contributed by atoms with E-state index in [1.54, 1.807) is 6.54 Å². The predicted octanol–water partition coefficient (Wildman–Crippen LogP) is 0.239. The molecule has 10 heavy (non-hydrogen) atoms. The summed E-state index contributed by atoms with van der Waals surface area (Å²) in [5.74, 6) is 0. The lowest BCUT2D eigenvalue weighted by Crippen LogP contribution is -2.43.